The van der Waals surface area contributed by atoms with Gasteiger partial charge in [-0.2, -0.15) is 5.10 Å². The Kier molecular flexibility index (Phi) is 6.48. The van der Waals surface area contributed by atoms with Crippen LogP contribution in [-0.2, 0) is 11.8 Å². The predicted molar refractivity (Wildman–Crippen MR) is 122 cm³/mol. The monoisotopic (exact) mass is 443 g/mol. The van der Waals surface area contributed by atoms with Crippen molar-refractivity contribution in [2.24, 2.45) is 12.8 Å². The number of carbonyl (C=O) groups is 2. The number of thiophene rings is 1. The van der Waals surface area contributed by atoms with Gasteiger partial charge in [0.1, 0.15) is 10.6 Å². The Bertz CT molecular complexity index is 1110. The number of amides is 1. The summed E-state index contributed by atoms with van der Waals surface area (Å²) in [7, 11) is 1.67. The highest BCUT2D eigenvalue weighted by Gasteiger charge is 2.25. The highest BCUT2D eigenvalue weighted by Crippen LogP contribution is 2.40. The van der Waals surface area contributed by atoms with E-state index >= 15 is 0 Å². The van der Waals surface area contributed by atoms with Crippen LogP contribution in [0.15, 0.2) is 36.5 Å². The fraction of sp³-hybridized carbons (Fsp3) is 0.200. The predicted octanol–water partition coefficient (Wildman–Crippen LogP) is 3.54. The van der Waals surface area contributed by atoms with Crippen LogP contribution in [0, 0.1) is 6.92 Å². The molecule has 0 atom stereocenters. The summed E-state index contributed by atoms with van der Waals surface area (Å²) in [6, 6.07) is 9.61. The van der Waals surface area contributed by atoms with Crippen LogP contribution in [0.25, 0.3) is 11.1 Å². The molecular formula is C20H21N5O3S2. The molecule has 4 N–H and O–H groups in total. The Balaban J connectivity index is 1.95. The molecule has 1 aromatic carbocycles. The van der Waals surface area contributed by atoms with Crippen molar-refractivity contribution in [3.05, 3.63) is 52.7 Å². The van der Waals surface area contributed by atoms with Crippen molar-refractivity contribution in [3.8, 4) is 11.1 Å². The van der Waals surface area contributed by atoms with E-state index in [1.807, 2.05) is 37.3 Å². The molecule has 0 saturated carbocycles. The molecule has 0 radical (unpaired) electrons. The van der Waals surface area contributed by atoms with Crippen LogP contribution < -0.4 is 16.4 Å². The summed E-state index contributed by atoms with van der Waals surface area (Å²) in [6.07, 6.45) is 1.59. The van der Waals surface area contributed by atoms with Crippen molar-refractivity contribution in [1.29, 1.82) is 0 Å². The van der Waals surface area contributed by atoms with Gasteiger partial charge >= 0.3 is 5.97 Å². The van der Waals surface area contributed by atoms with Crippen LogP contribution in [-0.4, -0.2) is 33.4 Å². The van der Waals surface area contributed by atoms with Crippen LogP contribution in [0.1, 0.15) is 32.6 Å². The number of aryl methyl sites for hydroxylation is 2. The number of hydrogen-bond acceptors (Lipinski definition) is 6. The zero-order valence-electron chi connectivity index (χ0n) is 16.7. The molecular weight excluding hydrogens is 422 g/mol. The van der Waals surface area contributed by atoms with E-state index in [4.69, 9.17) is 22.7 Å². The van der Waals surface area contributed by atoms with Crippen LogP contribution in [0.5, 0.6) is 0 Å². The second-order valence-corrected chi connectivity index (χ2v) is 7.97. The number of carbonyl (C=O) groups excluding carboxylic acids is 2. The van der Waals surface area contributed by atoms with Crippen molar-refractivity contribution < 1.29 is 14.3 Å². The summed E-state index contributed by atoms with van der Waals surface area (Å²) in [5, 5.41) is 10.7. The average molecular weight is 444 g/mol. The molecule has 3 rings (SSSR count). The van der Waals surface area contributed by atoms with Gasteiger partial charge in [-0.15, -0.1) is 11.3 Å². The minimum absolute atomic E-state index is 0.0691. The number of nitrogens with zero attached hydrogens (tertiary/aromatic N) is 2. The number of rotatable bonds is 6. The van der Waals surface area contributed by atoms with E-state index in [1.54, 1.807) is 20.2 Å². The Hall–Kier alpha value is -3.24. The van der Waals surface area contributed by atoms with Crippen molar-refractivity contribution in [3.63, 3.8) is 0 Å². The number of aromatic nitrogens is 2. The first kappa shape index (κ1) is 21.5. The minimum atomic E-state index is -0.675. The van der Waals surface area contributed by atoms with Crippen molar-refractivity contribution >= 4 is 51.2 Å². The topological polar surface area (TPSA) is 111 Å². The van der Waals surface area contributed by atoms with Crippen molar-refractivity contribution in [2.45, 2.75) is 13.8 Å². The van der Waals surface area contributed by atoms with Gasteiger partial charge in [0, 0.05) is 23.7 Å². The summed E-state index contributed by atoms with van der Waals surface area (Å²) in [5.74, 6) is -1.11. The number of thiocarbonyl (C=S) groups is 1. The standard InChI is InChI=1S/C20H21N5O3S2/c1-4-28-19(27)15-14(12-8-6-5-7-9-12)11(2)30-18(15)23-20(29)22-13-10-25(3)24-16(13)17(21)26/h5-10H,4H2,1-3H3,(H2,21,26)(H2,22,23,29). The maximum Gasteiger partial charge on any atom is 0.341 e. The van der Waals surface area contributed by atoms with Crippen LogP contribution >= 0.6 is 23.6 Å². The first-order valence-corrected chi connectivity index (χ1v) is 10.3. The Morgan fingerprint density at radius 2 is 1.97 bits per heavy atom. The number of hydrogen-bond donors (Lipinski definition) is 3. The Labute approximate surface area is 183 Å². The minimum Gasteiger partial charge on any atom is -0.462 e. The molecule has 0 saturated heterocycles. The van der Waals surface area contributed by atoms with Crippen LogP contribution in [0.3, 0.4) is 0 Å². The van der Waals surface area contributed by atoms with Gasteiger partial charge in [0.25, 0.3) is 5.91 Å². The molecule has 156 valence electrons. The highest BCUT2D eigenvalue weighted by molar-refractivity contribution is 7.80. The number of benzene rings is 1. The van der Waals surface area contributed by atoms with Crippen LogP contribution in [0.2, 0.25) is 0 Å². The summed E-state index contributed by atoms with van der Waals surface area (Å²) in [5.41, 5.74) is 7.92. The lowest BCUT2D eigenvalue weighted by molar-refractivity contribution is 0.0529. The lowest BCUT2D eigenvalue weighted by Gasteiger charge is -2.11. The average Bonchev–Trinajstić information content (AvgIpc) is 3.21. The van der Waals surface area contributed by atoms with Crippen molar-refractivity contribution in [2.75, 3.05) is 17.2 Å². The van der Waals surface area contributed by atoms with Gasteiger partial charge in [-0.3, -0.25) is 9.48 Å². The van der Waals surface area contributed by atoms with Gasteiger partial charge in [0.15, 0.2) is 10.8 Å². The zero-order valence-corrected chi connectivity index (χ0v) is 18.3. The number of anilines is 2. The molecule has 0 fully saturated rings. The third kappa shape index (κ3) is 4.50. The number of nitrogens with one attached hydrogen (secondary N) is 2. The normalized spacial score (nSPS) is 10.5. The smallest absolute Gasteiger partial charge is 0.341 e. The molecule has 2 heterocycles. The third-order valence-electron chi connectivity index (χ3n) is 4.16. The lowest BCUT2D eigenvalue weighted by atomic mass is 10.0. The molecule has 8 nitrogen and oxygen atoms in total. The van der Waals surface area contributed by atoms with Crippen molar-refractivity contribution in [1.82, 2.24) is 9.78 Å². The van der Waals surface area contributed by atoms with Crippen LogP contribution in [0.4, 0.5) is 10.7 Å². The maximum atomic E-state index is 12.8. The second kappa shape index (κ2) is 9.06. The molecule has 0 unspecified atom stereocenters. The zero-order chi connectivity index (χ0) is 21.8. The number of ether oxygens (including phenoxy) is 1. The van der Waals surface area contributed by atoms with Gasteiger partial charge in [-0.1, -0.05) is 30.3 Å². The van der Waals surface area contributed by atoms with E-state index < -0.39 is 11.9 Å². The molecule has 0 aliphatic rings. The van der Waals surface area contributed by atoms with Gasteiger partial charge in [0.2, 0.25) is 0 Å². The van der Waals surface area contributed by atoms with E-state index in [9.17, 15) is 9.59 Å². The third-order valence-corrected chi connectivity index (χ3v) is 5.39. The highest BCUT2D eigenvalue weighted by atomic mass is 32.1. The van der Waals surface area contributed by atoms with Gasteiger partial charge in [-0.25, -0.2) is 4.79 Å². The molecule has 30 heavy (non-hydrogen) atoms. The molecule has 0 spiro atoms. The van der Waals surface area contributed by atoms with E-state index in [0.29, 0.717) is 16.3 Å². The molecule has 1 amide bonds. The summed E-state index contributed by atoms with van der Waals surface area (Å²) >= 11 is 6.79. The fourth-order valence-electron chi connectivity index (χ4n) is 3.00. The SMILES string of the molecule is CCOC(=O)c1c(NC(=S)Nc2cn(C)nc2C(N)=O)sc(C)c1-c1ccccc1. The van der Waals surface area contributed by atoms with Gasteiger partial charge in [0.05, 0.1) is 12.3 Å². The Morgan fingerprint density at radius 3 is 2.60 bits per heavy atom. The molecule has 0 bridgehead atoms. The quantitative estimate of drug-likeness (QED) is 0.395. The number of primary amides is 1. The van der Waals surface area contributed by atoms with E-state index in [2.05, 4.69) is 15.7 Å². The summed E-state index contributed by atoms with van der Waals surface area (Å²) in [6.45, 7) is 3.94. The summed E-state index contributed by atoms with van der Waals surface area (Å²) in [4.78, 5) is 25.3. The summed E-state index contributed by atoms with van der Waals surface area (Å²) < 4.78 is 6.74. The van der Waals surface area contributed by atoms with Gasteiger partial charge in [-0.05, 0) is 31.6 Å². The maximum absolute atomic E-state index is 12.8. The molecule has 0 aliphatic heterocycles. The molecule has 2 aromatic heterocycles. The largest absolute Gasteiger partial charge is 0.462 e. The van der Waals surface area contributed by atoms with E-state index in [0.717, 1.165) is 16.0 Å². The molecule has 0 aliphatic carbocycles. The fourth-order valence-corrected chi connectivity index (χ4v) is 4.35. The number of nitrogens with two attached hydrogens (primary N) is 1. The second-order valence-electron chi connectivity index (χ2n) is 6.33. The molecule has 3 aromatic rings. The Morgan fingerprint density at radius 1 is 1.27 bits per heavy atom. The first-order valence-electron chi connectivity index (χ1n) is 9.09. The molecule has 10 heteroatoms. The lowest BCUT2D eigenvalue weighted by Crippen LogP contribution is -2.22. The van der Waals surface area contributed by atoms with E-state index in [1.165, 1.54) is 16.0 Å². The number of esters is 1. The van der Waals surface area contributed by atoms with E-state index in [-0.39, 0.29) is 17.4 Å². The first-order chi connectivity index (χ1) is 14.3. The van der Waals surface area contributed by atoms with Gasteiger partial charge < -0.3 is 21.1 Å².